The van der Waals surface area contributed by atoms with Crippen LogP contribution in [0.3, 0.4) is 0 Å². The quantitative estimate of drug-likeness (QED) is 0.315. The van der Waals surface area contributed by atoms with E-state index in [1.807, 2.05) is 42.5 Å². The summed E-state index contributed by atoms with van der Waals surface area (Å²) in [6, 6.07) is 22.5. The fourth-order valence-corrected chi connectivity index (χ4v) is 3.45. The molecule has 0 aliphatic rings. The Hall–Kier alpha value is -3.76. The molecule has 33 heavy (non-hydrogen) atoms. The number of methoxy groups -OCH3 is 2. The fourth-order valence-electron chi connectivity index (χ4n) is 3.07. The molecule has 1 N–H and O–H groups in total. The Bertz CT molecular complexity index is 1190. The Labute approximate surface area is 201 Å². The Morgan fingerprint density at radius 3 is 2.52 bits per heavy atom. The number of nitrogens with zero attached hydrogens (tertiary/aromatic N) is 1. The number of nitrogens with one attached hydrogen (secondary N) is 1. The van der Waals surface area contributed by atoms with Crippen molar-refractivity contribution in [2.24, 2.45) is 0 Å². The molecule has 0 aromatic heterocycles. The zero-order chi connectivity index (χ0) is 23.6. The monoisotopic (exact) mass is 506 g/mol. The Morgan fingerprint density at radius 2 is 1.82 bits per heavy atom. The van der Waals surface area contributed by atoms with Crippen molar-refractivity contribution in [1.29, 1.82) is 5.26 Å². The van der Waals surface area contributed by atoms with Crippen LogP contribution < -0.4 is 19.5 Å². The third-order valence-corrected chi connectivity index (χ3v) is 5.30. The van der Waals surface area contributed by atoms with E-state index in [0.29, 0.717) is 29.4 Å². The van der Waals surface area contributed by atoms with E-state index in [1.165, 1.54) is 6.08 Å². The van der Waals surface area contributed by atoms with Crippen molar-refractivity contribution in [3.8, 4) is 23.3 Å². The van der Waals surface area contributed by atoms with E-state index in [-0.39, 0.29) is 12.1 Å². The predicted molar refractivity (Wildman–Crippen MR) is 130 cm³/mol. The molecular weight excluding hydrogens is 484 g/mol. The lowest BCUT2D eigenvalue weighted by Gasteiger charge is -2.12. The van der Waals surface area contributed by atoms with Gasteiger partial charge >= 0.3 is 0 Å². The smallest absolute Gasteiger partial charge is 0.262 e. The molecule has 0 aliphatic heterocycles. The maximum Gasteiger partial charge on any atom is 0.262 e. The SMILES string of the molecule is COc1ccc(CNC(=O)/C(C#N)=C/c2cc(Br)ccc2OCc2ccccc2)c(OC)c1. The second kappa shape index (κ2) is 11.7. The lowest BCUT2D eigenvalue weighted by atomic mass is 10.1. The number of hydrogen-bond acceptors (Lipinski definition) is 5. The molecule has 7 heteroatoms. The van der Waals surface area contributed by atoms with Crippen molar-refractivity contribution >= 4 is 27.9 Å². The van der Waals surface area contributed by atoms with E-state index in [4.69, 9.17) is 14.2 Å². The molecule has 0 bridgehead atoms. The van der Waals surface area contributed by atoms with Gasteiger partial charge in [-0.3, -0.25) is 4.79 Å². The van der Waals surface area contributed by atoms with Crippen LogP contribution in [0.4, 0.5) is 0 Å². The van der Waals surface area contributed by atoms with Crippen molar-refractivity contribution in [3.63, 3.8) is 0 Å². The number of amides is 1. The number of halogens is 1. The first-order valence-corrected chi connectivity index (χ1v) is 10.9. The van der Waals surface area contributed by atoms with Crippen molar-refractivity contribution in [3.05, 3.63) is 93.5 Å². The highest BCUT2D eigenvalue weighted by molar-refractivity contribution is 9.10. The molecule has 0 heterocycles. The van der Waals surface area contributed by atoms with E-state index in [2.05, 4.69) is 21.2 Å². The van der Waals surface area contributed by atoms with Gasteiger partial charge in [0, 0.05) is 28.2 Å². The minimum Gasteiger partial charge on any atom is -0.497 e. The maximum absolute atomic E-state index is 12.7. The minimum absolute atomic E-state index is 0.0369. The van der Waals surface area contributed by atoms with Crippen LogP contribution in [0.15, 0.2) is 76.8 Å². The average molecular weight is 507 g/mol. The number of carbonyl (C=O) groups excluding carboxylic acids is 1. The normalized spacial score (nSPS) is 10.8. The van der Waals surface area contributed by atoms with Gasteiger partial charge in [0.05, 0.1) is 14.2 Å². The molecule has 0 saturated heterocycles. The summed E-state index contributed by atoms with van der Waals surface area (Å²) < 4.78 is 17.3. The minimum atomic E-state index is -0.496. The van der Waals surface area contributed by atoms with Crippen molar-refractivity contribution in [2.75, 3.05) is 14.2 Å². The molecule has 0 spiro atoms. The van der Waals surface area contributed by atoms with Crippen LogP contribution in [0, 0.1) is 11.3 Å². The summed E-state index contributed by atoms with van der Waals surface area (Å²) in [5, 5.41) is 12.4. The molecule has 0 unspecified atom stereocenters. The molecule has 0 radical (unpaired) electrons. The van der Waals surface area contributed by atoms with E-state index in [1.54, 1.807) is 44.6 Å². The lowest BCUT2D eigenvalue weighted by Crippen LogP contribution is -2.24. The van der Waals surface area contributed by atoms with Gasteiger partial charge in [0.25, 0.3) is 5.91 Å². The highest BCUT2D eigenvalue weighted by Gasteiger charge is 2.13. The predicted octanol–water partition coefficient (Wildman–Crippen LogP) is 5.27. The second-order valence-electron chi connectivity index (χ2n) is 6.99. The number of rotatable bonds is 9. The van der Waals surface area contributed by atoms with Gasteiger partial charge in [0.2, 0.25) is 0 Å². The van der Waals surface area contributed by atoms with Gasteiger partial charge in [-0.25, -0.2) is 0 Å². The first-order valence-electron chi connectivity index (χ1n) is 10.1. The van der Waals surface area contributed by atoms with Gasteiger partial charge in [0.1, 0.15) is 35.5 Å². The summed E-state index contributed by atoms with van der Waals surface area (Å²) in [5.74, 6) is 1.31. The summed E-state index contributed by atoms with van der Waals surface area (Å²) in [6.07, 6.45) is 1.52. The fraction of sp³-hybridized carbons (Fsp3) is 0.154. The third-order valence-electron chi connectivity index (χ3n) is 4.81. The summed E-state index contributed by atoms with van der Waals surface area (Å²) in [4.78, 5) is 12.7. The van der Waals surface area contributed by atoms with E-state index in [9.17, 15) is 10.1 Å². The van der Waals surface area contributed by atoms with Gasteiger partial charge in [-0.2, -0.15) is 5.26 Å². The second-order valence-corrected chi connectivity index (χ2v) is 7.90. The van der Waals surface area contributed by atoms with Crippen molar-refractivity contribution in [1.82, 2.24) is 5.32 Å². The largest absolute Gasteiger partial charge is 0.497 e. The lowest BCUT2D eigenvalue weighted by molar-refractivity contribution is -0.117. The molecular formula is C26H23BrN2O4. The highest BCUT2D eigenvalue weighted by Crippen LogP contribution is 2.27. The Balaban J connectivity index is 1.76. The van der Waals surface area contributed by atoms with Crippen LogP contribution in [-0.2, 0) is 17.9 Å². The topological polar surface area (TPSA) is 80.6 Å². The zero-order valence-corrected chi connectivity index (χ0v) is 19.9. The van der Waals surface area contributed by atoms with Crippen molar-refractivity contribution < 1.29 is 19.0 Å². The van der Waals surface area contributed by atoms with Gasteiger partial charge in [0.15, 0.2) is 0 Å². The molecule has 0 fully saturated rings. The maximum atomic E-state index is 12.7. The van der Waals surface area contributed by atoms with Crippen LogP contribution >= 0.6 is 15.9 Å². The number of ether oxygens (including phenoxy) is 3. The van der Waals surface area contributed by atoms with Gasteiger partial charge in [-0.1, -0.05) is 46.3 Å². The summed E-state index contributed by atoms with van der Waals surface area (Å²) in [7, 11) is 3.12. The number of hydrogen-bond donors (Lipinski definition) is 1. The average Bonchev–Trinajstić information content (AvgIpc) is 2.85. The summed E-state index contributed by atoms with van der Waals surface area (Å²) >= 11 is 3.44. The molecule has 3 aromatic carbocycles. The van der Waals surface area contributed by atoms with Crippen LogP contribution in [0.25, 0.3) is 6.08 Å². The Kier molecular flexibility index (Phi) is 8.50. The molecule has 0 aliphatic carbocycles. The highest BCUT2D eigenvalue weighted by atomic mass is 79.9. The Morgan fingerprint density at radius 1 is 1.03 bits per heavy atom. The molecule has 1 amide bonds. The summed E-state index contributed by atoms with van der Waals surface area (Å²) in [5.41, 5.74) is 2.36. The van der Waals surface area contributed by atoms with Gasteiger partial charge in [-0.15, -0.1) is 0 Å². The van der Waals surface area contributed by atoms with Crippen LogP contribution in [0.1, 0.15) is 16.7 Å². The molecule has 3 rings (SSSR count). The molecule has 168 valence electrons. The van der Waals surface area contributed by atoms with Crippen LogP contribution in [0.5, 0.6) is 17.2 Å². The van der Waals surface area contributed by atoms with Crippen molar-refractivity contribution in [2.45, 2.75) is 13.2 Å². The van der Waals surface area contributed by atoms with Gasteiger partial charge in [-0.05, 0) is 42.0 Å². The third kappa shape index (κ3) is 6.61. The number of nitriles is 1. The first-order chi connectivity index (χ1) is 16.0. The number of carbonyl (C=O) groups is 1. The molecule has 0 saturated carbocycles. The standard InChI is InChI=1S/C26H23BrN2O4/c1-31-23-10-8-19(25(14-23)32-2)16-29-26(30)21(15-28)12-20-13-22(27)9-11-24(20)33-17-18-6-4-3-5-7-18/h3-14H,16-17H2,1-2H3,(H,29,30)/b21-12+. The zero-order valence-electron chi connectivity index (χ0n) is 18.3. The molecule has 3 aromatic rings. The van der Waals surface area contributed by atoms with E-state index >= 15 is 0 Å². The molecule has 0 atom stereocenters. The molecule has 6 nitrogen and oxygen atoms in total. The van der Waals surface area contributed by atoms with E-state index < -0.39 is 5.91 Å². The summed E-state index contributed by atoms with van der Waals surface area (Å²) in [6.45, 7) is 0.565. The van der Waals surface area contributed by atoms with Crippen LogP contribution in [-0.4, -0.2) is 20.1 Å². The first kappa shape index (κ1) is 23.9. The number of benzene rings is 3. The van der Waals surface area contributed by atoms with Crippen LogP contribution in [0.2, 0.25) is 0 Å². The van der Waals surface area contributed by atoms with E-state index in [0.717, 1.165) is 15.6 Å². The van der Waals surface area contributed by atoms with Gasteiger partial charge < -0.3 is 19.5 Å².